The third kappa shape index (κ3) is 4.16. The van der Waals surface area contributed by atoms with E-state index in [2.05, 4.69) is 38.5 Å². The molecular weight excluding hydrogens is 293 g/mol. The zero-order valence-electron chi connectivity index (χ0n) is 13.3. The van der Waals surface area contributed by atoms with Crippen LogP contribution in [0, 0.1) is 5.82 Å². The molecule has 1 aliphatic rings. The highest BCUT2D eigenvalue weighted by Crippen LogP contribution is 2.20. The molecule has 1 saturated heterocycles. The van der Waals surface area contributed by atoms with E-state index in [0.29, 0.717) is 5.95 Å². The molecule has 0 spiro atoms. The molecule has 0 bridgehead atoms. The number of nitrogens with one attached hydrogen (secondary N) is 2. The molecule has 0 aliphatic carbocycles. The smallest absolute Gasteiger partial charge is 0.229 e. The van der Waals surface area contributed by atoms with Gasteiger partial charge in [-0.05, 0) is 30.7 Å². The van der Waals surface area contributed by atoms with Crippen molar-refractivity contribution in [1.29, 1.82) is 0 Å². The summed E-state index contributed by atoms with van der Waals surface area (Å²) in [7, 11) is 0. The standard InChI is InChI=1S/C17H22FN5/c1-2-3-15-12-16(23-10-8-19-9-11-23)22-17(21-15)20-14-6-4-13(18)5-7-14/h4-7,12,19H,2-3,8-11H2,1H3,(H,20,21,22). The van der Waals surface area contributed by atoms with Gasteiger partial charge in [-0.25, -0.2) is 9.37 Å². The van der Waals surface area contributed by atoms with Crippen molar-refractivity contribution in [3.63, 3.8) is 0 Å². The third-order valence-corrected chi connectivity index (χ3v) is 3.81. The predicted molar refractivity (Wildman–Crippen MR) is 90.8 cm³/mol. The monoisotopic (exact) mass is 315 g/mol. The molecule has 2 N–H and O–H groups in total. The summed E-state index contributed by atoms with van der Waals surface area (Å²) in [6.45, 7) is 5.96. The van der Waals surface area contributed by atoms with Gasteiger partial charge in [0.05, 0.1) is 0 Å². The van der Waals surface area contributed by atoms with Crippen LogP contribution in [-0.2, 0) is 6.42 Å². The highest BCUT2D eigenvalue weighted by molar-refractivity contribution is 5.55. The summed E-state index contributed by atoms with van der Waals surface area (Å²) >= 11 is 0. The van der Waals surface area contributed by atoms with Crippen molar-refractivity contribution >= 4 is 17.5 Å². The Morgan fingerprint density at radius 1 is 1.17 bits per heavy atom. The molecule has 122 valence electrons. The lowest BCUT2D eigenvalue weighted by atomic mass is 10.2. The minimum Gasteiger partial charge on any atom is -0.354 e. The zero-order valence-corrected chi connectivity index (χ0v) is 13.3. The molecule has 23 heavy (non-hydrogen) atoms. The molecule has 1 aromatic carbocycles. The van der Waals surface area contributed by atoms with Crippen LogP contribution in [0.1, 0.15) is 19.0 Å². The summed E-state index contributed by atoms with van der Waals surface area (Å²) < 4.78 is 13.0. The number of piperazine rings is 1. The van der Waals surface area contributed by atoms with Crippen molar-refractivity contribution in [2.45, 2.75) is 19.8 Å². The number of benzene rings is 1. The van der Waals surface area contributed by atoms with Crippen LogP contribution >= 0.6 is 0 Å². The van der Waals surface area contributed by atoms with Crippen LogP contribution in [0.5, 0.6) is 0 Å². The maximum absolute atomic E-state index is 13.0. The summed E-state index contributed by atoms with van der Waals surface area (Å²) in [6.07, 6.45) is 1.95. The molecule has 0 unspecified atom stereocenters. The van der Waals surface area contributed by atoms with Gasteiger partial charge in [-0.2, -0.15) is 4.98 Å². The minimum absolute atomic E-state index is 0.252. The van der Waals surface area contributed by atoms with Crippen molar-refractivity contribution in [2.24, 2.45) is 0 Å². The molecule has 5 nitrogen and oxygen atoms in total. The summed E-state index contributed by atoms with van der Waals surface area (Å²) in [4.78, 5) is 11.5. The van der Waals surface area contributed by atoms with Gasteiger partial charge < -0.3 is 15.5 Å². The van der Waals surface area contributed by atoms with Crippen LogP contribution in [-0.4, -0.2) is 36.1 Å². The van der Waals surface area contributed by atoms with E-state index in [0.717, 1.165) is 56.2 Å². The zero-order chi connectivity index (χ0) is 16.1. The summed E-state index contributed by atoms with van der Waals surface area (Å²) in [5.41, 5.74) is 1.81. The lowest BCUT2D eigenvalue weighted by Crippen LogP contribution is -2.44. The van der Waals surface area contributed by atoms with E-state index in [9.17, 15) is 4.39 Å². The van der Waals surface area contributed by atoms with Gasteiger partial charge in [0.15, 0.2) is 0 Å². The predicted octanol–water partition coefficient (Wildman–Crippen LogP) is 2.72. The first-order valence-electron chi connectivity index (χ1n) is 8.11. The Kier molecular flexibility index (Phi) is 5.02. The number of rotatable bonds is 5. The first-order valence-corrected chi connectivity index (χ1v) is 8.11. The number of hydrogen-bond donors (Lipinski definition) is 2. The number of aromatic nitrogens is 2. The first kappa shape index (κ1) is 15.7. The number of hydrogen-bond acceptors (Lipinski definition) is 5. The molecular formula is C17H22FN5. The Bertz CT molecular complexity index is 638. The fourth-order valence-corrected chi connectivity index (χ4v) is 2.64. The number of aryl methyl sites for hydroxylation is 1. The highest BCUT2D eigenvalue weighted by Gasteiger charge is 2.14. The molecule has 0 amide bonds. The summed E-state index contributed by atoms with van der Waals surface area (Å²) in [5, 5.41) is 6.53. The van der Waals surface area contributed by atoms with E-state index in [-0.39, 0.29) is 5.82 Å². The van der Waals surface area contributed by atoms with Crippen LogP contribution in [0.25, 0.3) is 0 Å². The van der Waals surface area contributed by atoms with Gasteiger partial charge in [-0.1, -0.05) is 13.3 Å². The Hall–Kier alpha value is -2.21. The number of anilines is 3. The fourth-order valence-electron chi connectivity index (χ4n) is 2.64. The molecule has 1 fully saturated rings. The fraction of sp³-hybridized carbons (Fsp3) is 0.412. The number of nitrogens with zero attached hydrogens (tertiary/aromatic N) is 3. The maximum Gasteiger partial charge on any atom is 0.229 e. The van der Waals surface area contributed by atoms with E-state index in [1.165, 1.54) is 12.1 Å². The van der Waals surface area contributed by atoms with Crippen LogP contribution in [0.15, 0.2) is 30.3 Å². The lowest BCUT2D eigenvalue weighted by molar-refractivity contribution is 0.584. The second-order valence-electron chi connectivity index (χ2n) is 5.66. The molecule has 6 heteroatoms. The third-order valence-electron chi connectivity index (χ3n) is 3.81. The van der Waals surface area contributed by atoms with Crippen LogP contribution in [0.2, 0.25) is 0 Å². The highest BCUT2D eigenvalue weighted by atomic mass is 19.1. The average molecular weight is 315 g/mol. The summed E-state index contributed by atoms with van der Waals surface area (Å²) in [6, 6.07) is 8.31. The SMILES string of the molecule is CCCc1cc(N2CCNCC2)nc(Nc2ccc(F)cc2)n1. The molecule has 3 rings (SSSR count). The van der Waals surface area contributed by atoms with Crippen LogP contribution in [0.4, 0.5) is 21.8 Å². The van der Waals surface area contributed by atoms with Crippen LogP contribution in [0.3, 0.4) is 0 Å². The van der Waals surface area contributed by atoms with Gasteiger partial charge in [0.25, 0.3) is 0 Å². The van der Waals surface area contributed by atoms with E-state index in [4.69, 9.17) is 0 Å². The minimum atomic E-state index is -0.252. The van der Waals surface area contributed by atoms with Crippen molar-refractivity contribution in [3.8, 4) is 0 Å². The van der Waals surface area contributed by atoms with Gasteiger partial charge >= 0.3 is 0 Å². The maximum atomic E-state index is 13.0. The molecule has 1 aliphatic heterocycles. The van der Waals surface area contributed by atoms with E-state index in [1.807, 2.05) is 0 Å². The van der Waals surface area contributed by atoms with Crippen molar-refractivity contribution in [3.05, 3.63) is 41.8 Å². The molecule has 0 atom stereocenters. The number of halogens is 1. The van der Waals surface area contributed by atoms with Crippen molar-refractivity contribution in [1.82, 2.24) is 15.3 Å². The average Bonchev–Trinajstić information content (AvgIpc) is 2.58. The Labute approximate surface area is 136 Å². The summed E-state index contributed by atoms with van der Waals surface area (Å²) in [5.74, 6) is 1.27. The Morgan fingerprint density at radius 2 is 1.91 bits per heavy atom. The van der Waals surface area contributed by atoms with Crippen molar-refractivity contribution in [2.75, 3.05) is 36.4 Å². The van der Waals surface area contributed by atoms with Gasteiger partial charge in [-0.15, -0.1) is 0 Å². The van der Waals surface area contributed by atoms with Crippen molar-refractivity contribution < 1.29 is 4.39 Å². The molecule has 0 saturated carbocycles. The van der Waals surface area contributed by atoms with Crippen LogP contribution < -0.4 is 15.5 Å². The topological polar surface area (TPSA) is 53.1 Å². The quantitative estimate of drug-likeness (QED) is 0.888. The van der Waals surface area contributed by atoms with Gasteiger partial charge in [-0.3, -0.25) is 0 Å². The Morgan fingerprint density at radius 3 is 2.61 bits per heavy atom. The Balaban J connectivity index is 1.85. The van der Waals surface area contributed by atoms with E-state index >= 15 is 0 Å². The van der Waals surface area contributed by atoms with Gasteiger partial charge in [0.1, 0.15) is 11.6 Å². The van der Waals surface area contributed by atoms with Gasteiger partial charge in [0, 0.05) is 43.6 Å². The lowest BCUT2D eigenvalue weighted by Gasteiger charge is -2.28. The molecule has 1 aromatic heterocycles. The molecule has 2 aromatic rings. The first-order chi connectivity index (χ1) is 11.2. The normalized spacial score (nSPS) is 14.8. The van der Waals surface area contributed by atoms with E-state index < -0.39 is 0 Å². The second kappa shape index (κ2) is 7.37. The van der Waals surface area contributed by atoms with E-state index in [1.54, 1.807) is 12.1 Å². The van der Waals surface area contributed by atoms with Gasteiger partial charge in [0.2, 0.25) is 5.95 Å². The second-order valence-corrected chi connectivity index (χ2v) is 5.66. The molecule has 0 radical (unpaired) electrons. The largest absolute Gasteiger partial charge is 0.354 e. The molecule has 2 heterocycles.